The van der Waals surface area contributed by atoms with E-state index in [2.05, 4.69) is 59.7 Å². The van der Waals surface area contributed by atoms with Crippen LogP contribution >= 0.6 is 7.82 Å². The molecule has 0 fully saturated rings. The first kappa shape index (κ1) is 38.7. The van der Waals surface area contributed by atoms with Crippen molar-refractivity contribution in [3.05, 3.63) is 89.5 Å². The molecule has 0 saturated carbocycles. The quantitative estimate of drug-likeness (QED) is 0.0896. The van der Waals surface area contributed by atoms with Crippen molar-refractivity contribution in [3.63, 3.8) is 0 Å². The van der Waals surface area contributed by atoms with Crippen LogP contribution in [-0.4, -0.2) is 0 Å². The molecule has 0 radical (unpaired) electrons. The lowest BCUT2D eigenvalue weighted by molar-refractivity contribution is 0.292. The summed E-state index contributed by atoms with van der Waals surface area (Å²) in [6, 6.07) is 23.9. The van der Waals surface area contributed by atoms with Crippen LogP contribution in [0.15, 0.2) is 72.8 Å². The predicted octanol–water partition coefficient (Wildman–Crippen LogP) is 13.6. The summed E-state index contributed by atoms with van der Waals surface area (Å²) in [6.45, 7) is 13.5. The van der Waals surface area contributed by atoms with E-state index in [0.29, 0.717) is 35.0 Å². The van der Waals surface area contributed by atoms with Crippen molar-refractivity contribution in [3.8, 4) is 17.2 Å². The number of rotatable bonds is 24. The second kappa shape index (κ2) is 21.3. The van der Waals surface area contributed by atoms with E-state index in [-0.39, 0.29) is 0 Å². The first-order valence-electron chi connectivity index (χ1n) is 18.8. The first-order chi connectivity index (χ1) is 22.9. The van der Waals surface area contributed by atoms with Crippen LogP contribution in [0.3, 0.4) is 0 Å². The van der Waals surface area contributed by atoms with Crippen molar-refractivity contribution in [1.29, 1.82) is 0 Å². The number of phosphoric acid groups is 1. The van der Waals surface area contributed by atoms with Crippen LogP contribution in [0.1, 0.15) is 135 Å². The van der Waals surface area contributed by atoms with Crippen molar-refractivity contribution < 1.29 is 18.1 Å². The van der Waals surface area contributed by atoms with Crippen molar-refractivity contribution in [2.75, 3.05) is 0 Å². The normalized spacial score (nSPS) is 14.6. The van der Waals surface area contributed by atoms with E-state index in [0.717, 1.165) is 55.2 Å². The third-order valence-corrected chi connectivity index (χ3v) is 11.0. The Labute approximate surface area is 287 Å². The van der Waals surface area contributed by atoms with E-state index in [1.54, 1.807) is 0 Å². The summed E-state index contributed by atoms with van der Waals surface area (Å²) in [5, 5.41) is 0. The minimum absolute atomic E-state index is 0.533. The molecule has 0 spiro atoms. The molecule has 0 aliphatic carbocycles. The summed E-state index contributed by atoms with van der Waals surface area (Å²) in [7, 11) is -4.18. The largest absolute Gasteiger partial charge is 0.647 e. The van der Waals surface area contributed by atoms with Gasteiger partial charge in [-0.15, -0.1) is 0 Å². The topological polar surface area (TPSA) is 44.8 Å². The van der Waals surface area contributed by atoms with Crippen LogP contribution in [-0.2, 0) is 23.8 Å². The molecule has 3 atom stereocenters. The van der Waals surface area contributed by atoms with Gasteiger partial charge < -0.3 is 13.6 Å². The zero-order valence-corrected chi connectivity index (χ0v) is 31.2. The van der Waals surface area contributed by atoms with Gasteiger partial charge in [0.1, 0.15) is 17.2 Å². The molecule has 0 bridgehead atoms. The molecule has 3 unspecified atom stereocenters. The molecule has 0 aliphatic heterocycles. The molecule has 260 valence electrons. The fourth-order valence-electron chi connectivity index (χ4n) is 6.46. The number of phosphoric ester groups is 1. The lowest BCUT2D eigenvalue weighted by Gasteiger charge is -2.25. The Morgan fingerprint density at radius 1 is 0.468 bits per heavy atom. The molecule has 4 nitrogen and oxygen atoms in total. The summed E-state index contributed by atoms with van der Waals surface area (Å²) in [5.41, 5.74) is 3.13. The summed E-state index contributed by atoms with van der Waals surface area (Å²) in [6.07, 6.45) is 16.5. The van der Waals surface area contributed by atoms with Crippen LogP contribution in [0.25, 0.3) is 0 Å². The highest BCUT2D eigenvalue weighted by atomic mass is 31.2. The van der Waals surface area contributed by atoms with Gasteiger partial charge in [-0.05, 0) is 71.9 Å². The maximum Gasteiger partial charge on any atom is 0.647 e. The molecule has 47 heavy (non-hydrogen) atoms. The number of para-hydroxylation sites is 3. The molecule has 0 N–H and O–H groups in total. The highest BCUT2D eigenvalue weighted by Crippen LogP contribution is 2.52. The number of hydrogen-bond donors (Lipinski definition) is 0. The number of benzene rings is 3. The zero-order chi connectivity index (χ0) is 33.9. The van der Waals surface area contributed by atoms with Gasteiger partial charge in [0.2, 0.25) is 0 Å². The van der Waals surface area contributed by atoms with Gasteiger partial charge in [-0.3, -0.25) is 0 Å². The van der Waals surface area contributed by atoms with Gasteiger partial charge in [-0.25, -0.2) is 0 Å². The smallest absolute Gasteiger partial charge is 0.386 e. The van der Waals surface area contributed by atoms with E-state index < -0.39 is 7.82 Å². The Balaban J connectivity index is 2.01. The van der Waals surface area contributed by atoms with Gasteiger partial charge in [0.15, 0.2) is 0 Å². The maximum absolute atomic E-state index is 15.1. The second-order valence-corrected chi connectivity index (χ2v) is 14.8. The molecule has 0 amide bonds. The van der Waals surface area contributed by atoms with Crippen LogP contribution < -0.4 is 13.6 Å². The Kier molecular flexibility index (Phi) is 17.6. The molecular formula is C42H63O4P. The van der Waals surface area contributed by atoms with E-state index >= 15 is 4.57 Å². The van der Waals surface area contributed by atoms with E-state index in [1.807, 2.05) is 54.6 Å². The highest BCUT2D eigenvalue weighted by Gasteiger charge is 2.36. The molecule has 3 aromatic rings. The SMILES string of the molecule is CCCCC(CC)Cc1ccccc1OP(=O)(Oc1ccccc1CC(CC)CCCC)Oc1ccccc1CC(CC)CCCC. The van der Waals surface area contributed by atoms with Gasteiger partial charge in [0.05, 0.1) is 0 Å². The molecule has 3 rings (SSSR count). The third kappa shape index (κ3) is 13.0. The van der Waals surface area contributed by atoms with Gasteiger partial charge in [-0.1, -0.05) is 173 Å². The van der Waals surface area contributed by atoms with Crippen LogP contribution in [0.2, 0.25) is 0 Å². The van der Waals surface area contributed by atoms with E-state index in [4.69, 9.17) is 13.6 Å². The zero-order valence-electron chi connectivity index (χ0n) is 30.3. The molecule has 0 aromatic heterocycles. The Morgan fingerprint density at radius 2 is 0.745 bits per heavy atom. The van der Waals surface area contributed by atoms with Gasteiger partial charge in [0, 0.05) is 0 Å². The molecule has 0 saturated heterocycles. The highest BCUT2D eigenvalue weighted by molar-refractivity contribution is 7.49. The predicted molar refractivity (Wildman–Crippen MR) is 200 cm³/mol. The van der Waals surface area contributed by atoms with E-state index in [9.17, 15) is 0 Å². The van der Waals surface area contributed by atoms with Gasteiger partial charge >= 0.3 is 7.82 Å². The Hall–Kier alpha value is -2.71. The average Bonchev–Trinajstić information content (AvgIpc) is 3.08. The molecule has 0 heterocycles. The number of unbranched alkanes of at least 4 members (excludes halogenated alkanes) is 3. The number of hydrogen-bond acceptors (Lipinski definition) is 4. The second-order valence-electron chi connectivity index (χ2n) is 13.4. The van der Waals surface area contributed by atoms with E-state index in [1.165, 1.54) is 57.8 Å². The van der Waals surface area contributed by atoms with Gasteiger partial charge in [-0.2, -0.15) is 4.57 Å². The Bertz CT molecular complexity index is 1180. The summed E-state index contributed by atoms with van der Waals surface area (Å²) >= 11 is 0. The lowest BCUT2D eigenvalue weighted by Crippen LogP contribution is -2.13. The van der Waals surface area contributed by atoms with Crippen LogP contribution in [0.4, 0.5) is 0 Å². The molecule has 3 aromatic carbocycles. The fourth-order valence-corrected chi connectivity index (χ4v) is 7.83. The minimum Gasteiger partial charge on any atom is -0.386 e. The summed E-state index contributed by atoms with van der Waals surface area (Å²) in [5.74, 6) is 3.32. The maximum atomic E-state index is 15.1. The summed E-state index contributed by atoms with van der Waals surface area (Å²) in [4.78, 5) is 0. The standard InChI is InChI=1S/C42H63O4P/c1-7-13-22-34(10-4)31-37-25-16-19-28-40(37)44-47(43,45-41-29-20-17-26-38(41)32-35(11-5)23-14-8-2)46-42-30-21-18-27-39(42)33-36(12-6)24-15-9-3/h16-21,25-30,34-36H,7-15,22-24,31-33H2,1-6H3. The molecule has 5 heteroatoms. The third-order valence-electron chi connectivity index (χ3n) is 9.70. The summed E-state index contributed by atoms with van der Waals surface area (Å²) < 4.78 is 34.6. The first-order valence-corrected chi connectivity index (χ1v) is 20.3. The van der Waals surface area contributed by atoms with Crippen molar-refractivity contribution >= 4 is 7.82 Å². The van der Waals surface area contributed by atoms with Crippen molar-refractivity contribution in [1.82, 2.24) is 0 Å². The Morgan fingerprint density at radius 3 is 1.00 bits per heavy atom. The lowest BCUT2D eigenvalue weighted by atomic mass is 9.92. The van der Waals surface area contributed by atoms with Crippen molar-refractivity contribution in [2.45, 2.75) is 138 Å². The monoisotopic (exact) mass is 662 g/mol. The van der Waals surface area contributed by atoms with Crippen molar-refractivity contribution in [2.24, 2.45) is 17.8 Å². The fraction of sp³-hybridized carbons (Fsp3) is 0.571. The van der Waals surface area contributed by atoms with Gasteiger partial charge in [0.25, 0.3) is 0 Å². The average molecular weight is 663 g/mol. The van der Waals surface area contributed by atoms with Crippen LogP contribution in [0, 0.1) is 17.8 Å². The minimum atomic E-state index is -4.18. The van der Waals surface area contributed by atoms with Crippen LogP contribution in [0.5, 0.6) is 17.2 Å². The molecule has 0 aliphatic rings. The molecular weight excluding hydrogens is 599 g/mol.